The molecule has 3 rings (SSSR count). The normalized spacial score (nSPS) is 12.3. The number of rotatable bonds is 6. The van der Waals surface area contributed by atoms with Gasteiger partial charge in [0.25, 0.3) is 0 Å². The number of hydrogen-bond acceptors (Lipinski definition) is 1. The van der Waals surface area contributed by atoms with Gasteiger partial charge in [-0.25, -0.2) is 9.13 Å². The molecule has 25 heavy (non-hydrogen) atoms. The fraction of sp³-hybridized carbons (Fsp3) is 0.211. The lowest BCUT2D eigenvalue weighted by Gasteiger charge is -2.18. The summed E-state index contributed by atoms with van der Waals surface area (Å²) in [5.41, 5.74) is 1.97. The Labute approximate surface area is 162 Å². The minimum atomic E-state index is -0.201. The van der Waals surface area contributed by atoms with Gasteiger partial charge in [-0.1, -0.05) is 53.0 Å². The van der Waals surface area contributed by atoms with Crippen LogP contribution in [0.3, 0.4) is 0 Å². The van der Waals surface area contributed by atoms with Crippen molar-refractivity contribution < 1.29 is 9.30 Å². The van der Waals surface area contributed by atoms with Crippen molar-refractivity contribution in [1.82, 2.24) is 4.57 Å². The van der Waals surface area contributed by atoms with Crippen LogP contribution < -0.4 is 4.57 Å². The van der Waals surface area contributed by atoms with E-state index < -0.39 is 0 Å². The first-order chi connectivity index (χ1) is 12.0. The zero-order valence-corrected chi connectivity index (χ0v) is 16.0. The third-order valence-corrected chi connectivity index (χ3v) is 4.69. The highest BCUT2D eigenvalue weighted by molar-refractivity contribution is 6.35. The topological polar surface area (TPSA) is 18.0 Å². The Balaban J connectivity index is 1.81. The SMILES string of the molecule is C[n+]1ccn(CC(OCc2ccc(Cl)cc2)c2ccc(Cl)cc2Cl)c1. The summed E-state index contributed by atoms with van der Waals surface area (Å²) in [5.74, 6) is 0. The lowest BCUT2D eigenvalue weighted by Crippen LogP contribution is -2.24. The average molecular weight is 397 g/mol. The predicted octanol–water partition coefficient (Wildman–Crippen LogP) is 5.23. The fourth-order valence-corrected chi connectivity index (χ4v) is 3.24. The van der Waals surface area contributed by atoms with Crippen molar-refractivity contribution in [2.45, 2.75) is 19.3 Å². The van der Waals surface area contributed by atoms with E-state index in [0.717, 1.165) is 11.1 Å². The van der Waals surface area contributed by atoms with E-state index >= 15 is 0 Å². The van der Waals surface area contributed by atoms with Crippen molar-refractivity contribution in [2.24, 2.45) is 7.05 Å². The highest BCUT2D eigenvalue weighted by Gasteiger charge is 2.19. The standard InChI is InChI=1S/C19H18Cl3N2O/c1-23-8-9-24(13-23)11-19(17-7-6-16(21)10-18(17)22)25-12-14-2-4-15(20)5-3-14/h2-10,13,19H,11-12H2,1H3/q+1. The van der Waals surface area contributed by atoms with Gasteiger partial charge >= 0.3 is 0 Å². The van der Waals surface area contributed by atoms with E-state index in [1.165, 1.54) is 0 Å². The van der Waals surface area contributed by atoms with Gasteiger partial charge in [0.15, 0.2) is 0 Å². The van der Waals surface area contributed by atoms with Crippen LogP contribution in [-0.4, -0.2) is 4.57 Å². The summed E-state index contributed by atoms with van der Waals surface area (Å²) >= 11 is 18.4. The highest BCUT2D eigenvalue weighted by Crippen LogP contribution is 2.30. The molecule has 6 heteroatoms. The Hall–Kier alpha value is -1.52. The van der Waals surface area contributed by atoms with Crippen molar-refractivity contribution >= 4 is 34.8 Å². The van der Waals surface area contributed by atoms with Gasteiger partial charge in [0.05, 0.1) is 13.7 Å². The first kappa shape index (κ1) is 18.3. The summed E-state index contributed by atoms with van der Waals surface area (Å²) < 4.78 is 10.2. The molecule has 0 bridgehead atoms. The fourth-order valence-electron chi connectivity index (χ4n) is 2.58. The number of hydrogen-bond donors (Lipinski definition) is 0. The molecule has 1 heterocycles. The molecule has 1 atom stereocenters. The first-order valence-corrected chi connectivity index (χ1v) is 8.96. The van der Waals surface area contributed by atoms with Crippen molar-refractivity contribution in [1.29, 1.82) is 0 Å². The van der Waals surface area contributed by atoms with Crippen LogP contribution in [0.15, 0.2) is 61.2 Å². The molecule has 2 aromatic carbocycles. The number of ether oxygens (including phenoxy) is 1. The van der Waals surface area contributed by atoms with Crippen molar-refractivity contribution in [2.75, 3.05) is 0 Å². The second-order valence-electron chi connectivity index (χ2n) is 5.87. The van der Waals surface area contributed by atoms with E-state index in [4.69, 9.17) is 39.5 Å². The lowest BCUT2D eigenvalue weighted by atomic mass is 10.1. The summed E-state index contributed by atoms with van der Waals surface area (Å²) in [4.78, 5) is 0. The molecular weight excluding hydrogens is 379 g/mol. The molecule has 130 valence electrons. The first-order valence-electron chi connectivity index (χ1n) is 7.83. The minimum Gasteiger partial charge on any atom is -0.365 e. The van der Waals surface area contributed by atoms with Gasteiger partial charge in [0.1, 0.15) is 25.0 Å². The van der Waals surface area contributed by atoms with Crippen molar-refractivity contribution in [3.8, 4) is 0 Å². The van der Waals surface area contributed by atoms with Gasteiger partial charge in [0, 0.05) is 20.6 Å². The third kappa shape index (κ3) is 4.99. The van der Waals surface area contributed by atoms with Crippen LogP contribution in [0.4, 0.5) is 0 Å². The molecule has 1 unspecified atom stereocenters. The smallest absolute Gasteiger partial charge is 0.243 e. The van der Waals surface area contributed by atoms with Crippen LogP contribution in [-0.2, 0) is 24.9 Å². The van der Waals surface area contributed by atoms with Gasteiger partial charge in [-0.15, -0.1) is 0 Å². The molecule has 3 nitrogen and oxygen atoms in total. The Kier molecular flexibility index (Phi) is 6.02. The molecule has 0 N–H and O–H groups in total. The molecule has 0 aliphatic rings. The third-order valence-electron chi connectivity index (χ3n) is 3.87. The maximum absolute atomic E-state index is 6.40. The van der Waals surface area contributed by atoms with Crippen LogP contribution in [0.2, 0.25) is 15.1 Å². The molecule has 0 saturated carbocycles. The van der Waals surface area contributed by atoms with Gasteiger partial charge in [-0.05, 0) is 29.8 Å². The summed E-state index contributed by atoms with van der Waals surface area (Å²) in [6.07, 6.45) is 5.79. The summed E-state index contributed by atoms with van der Waals surface area (Å²) in [6, 6.07) is 13.1. The Morgan fingerprint density at radius 2 is 1.76 bits per heavy atom. The van der Waals surface area contributed by atoms with E-state index in [9.17, 15) is 0 Å². The molecule has 0 saturated heterocycles. The number of aryl methyl sites for hydroxylation is 1. The predicted molar refractivity (Wildman–Crippen MR) is 101 cm³/mol. The number of nitrogens with zero attached hydrogens (tertiary/aromatic N) is 2. The molecular formula is C19H18Cl3N2O+. The second-order valence-corrected chi connectivity index (χ2v) is 7.15. The zero-order valence-electron chi connectivity index (χ0n) is 13.7. The van der Waals surface area contributed by atoms with Crippen molar-refractivity contribution in [3.05, 3.63) is 87.4 Å². The maximum Gasteiger partial charge on any atom is 0.243 e. The van der Waals surface area contributed by atoms with Crippen LogP contribution in [0.25, 0.3) is 0 Å². The van der Waals surface area contributed by atoms with E-state index in [1.807, 2.05) is 66.7 Å². The van der Waals surface area contributed by atoms with Crippen LogP contribution in [0.5, 0.6) is 0 Å². The Morgan fingerprint density at radius 1 is 1.04 bits per heavy atom. The van der Waals surface area contributed by atoms with E-state index in [1.54, 1.807) is 6.07 Å². The van der Waals surface area contributed by atoms with Crippen LogP contribution >= 0.6 is 34.8 Å². The van der Waals surface area contributed by atoms with E-state index in [2.05, 4.69) is 4.57 Å². The highest BCUT2D eigenvalue weighted by atomic mass is 35.5. The van der Waals surface area contributed by atoms with Crippen LogP contribution in [0.1, 0.15) is 17.2 Å². The Bertz CT molecular complexity index is 846. The molecule has 0 spiro atoms. The molecule has 1 aromatic heterocycles. The van der Waals surface area contributed by atoms with E-state index in [0.29, 0.717) is 28.2 Å². The number of benzene rings is 2. The van der Waals surface area contributed by atoms with Gasteiger partial charge in [0.2, 0.25) is 6.33 Å². The Morgan fingerprint density at radius 3 is 2.40 bits per heavy atom. The monoisotopic (exact) mass is 395 g/mol. The lowest BCUT2D eigenvalue weighted by molar-refractivity contribution is -0.671. The summed E-state index contributed by atoms with van der Waals surface area (Å²) in [6.45, 7) is 1.12. The quantitative estimate of drug-likeness (QED) is 0.522. The molecule has 0 amide bonds. The largest absolute Gasteiger partial charge is 0.365 e. The maximum atomic E-state index is 6.40. The van der Waals surface area contributed by atoms with E-state index in [-0.39, 0.29) is 6.10 Å². The number of halogens is 3. The van der Waals surface area contributed by atoms with Crippen LogP contribution in [0, 0.1) is 0 Å². The minimum absolute atomic E-state index is 0.201. The summed E-state index contributed by atoms with van der Waals surface area (Å²) in [5, 5.41) is 1.92. The molecule has 0 aliphatic carbocycles. The molecule has 0 aliphatic heterocycles. The average Bonchev–Trinajstić information content (AvgIpc) is 2.98. The van der Waals surface area contributed by atoms with Crippen molar-refractivity contribution in [3.63, 3.8) is 0 Å². The molecule has 0 fully saturated rings. The molecule has 0 radical (unpaired) electrons. The molecule has 3 aromatic rings. The summed E-state index contributed by atoms with van der Waals surface area (Å²) in [7, 11) is 1.98. The number of aromatic nitrogens is 2. The zero-order chi connectivity index (χ0) is 17.8. The number of imidazole rings is 1. The second kappa shape index (κ2) is 8.24. The van der Waals surface area contributed by atoms with Gasteiger partial charge in [-0.2, -0.15) is 0 Å². The van der Waals surface area contributed by atoms with Gasteiger partial charge < -0.3 is 4.74 Å². The van der Waals surface area contributed by atoms with Gasteiger partial charge in [-0.3, -0.25) is 0 Å².